The van der Waals surface area contributed by atoms with E-state index in [1.54, 1.807) is 13.2 Å². The Balaban J connectivity index is 2.25. The third-order valence-corrected chi connectivity index (χ3v) is 4.58. The van der Waals surface area contributed by atoms with Gasteiger partial charge in [-0.3, -0.25) is 4.90 Å². The molecule has 1 saturated heterocycles. The highest BCUT2D eigenvalue weighted by molar-refractivity contribution is 9.10. The highest BCUT2D eigenvalue weighted by Gasteiger charge is 2.32. The largest absolute Gasteiger partial charge is 0.497 e. The van der Waals surface area contributed by atoms with Crippen molar-refractivity contribution in [3.05, 3.63) is 28.2 Å². The summed E-state index contributed by atoms with van der Waals surface area (Å²) >= 11 is 3.47. The van der Waals surface area contributed by atoms with Crippen molar-refractivity contribution in [1.82, 2.24) is 10.2 Å². The first-order valence-electron chi connectivity index (χ1n) is 7.25. The number of hydrogen-bond acceptors (Lipinski definition) is 3. The molecule has 22 heavy (non-hydrogen) atoms. The van der Waals surface area contributed by atoms with E-state index in [1.807, 2.05) is 12.1 Å². The summed E-state index contributed by atoms with van der Waals surface area (Å²) in [4.78, 5) is 2.11. The monoisotopic (exact) mass is 380 g/mol. The minimum absolute atomic E-state index is 0.0509. The third-order valence-electron chi connectivity index (χ3n) is 3.86. The zero-order valence-electron chi connectivity index (χ0n) is 12.4. The zero-order chi connectivity index (χ0) is 16.2. The predicted molar refractivity (Wildman–Crippen MR) is 83.2 cm³/mol. The van der Waals surface area contributed by atoms with Gasteiger partial charge in [0.05, 0.1) is 7.11 Å². The summed E-state index contributed by atoms with van der Waals surface area (Å²) in [7, 11) is 1.56. The molecule has 1 N–H and O–H groups in total. The van der Waals surface area contributed by atoms with Gasteiger partial charge in [0.25, 0.3) is 0 Å². The molecule has 0 unspecified atom stereocenters. The van der Waals surface area contributed by atoms with Crippen molar-refractivity contribution in [1.29, 1.82) is 0 Å². The van der Waals surface area contributed by atoms with Gasteiger partial charge in [0.2, 0.25) is 0 Å². The Hall–Kier alpha value is -0.790. The Labute approximate surface area is 136 Å². The number of rotatable bonds is 5. The number of nitrogens with one attached hydrogen (secondary N) is 1. The molecule has 1 aromatic carbocycles. The van der Waals surface area contributed by atoms with E-state index in [-0.39, 0.29) is 12.5 Å². The topological polar surface area (TPSA) is 24.5 Å². The van der Waals surface area contributed by atoms with Crippen LogP contribution in [0.15, 0.2) is 22.7 Å². The first kappa shape index (κ1) is 17.6. The zero-order valence-corrected chi connectivity index (χ0v) is 14.0. The Bertz CT molecular complexity index is 490. The van der Waals surface area contributed by atoms with Crippen molar-refractivity contribution in [2.24, 2.45) is 0 Å². The van der Waals surface area contributed by atoms with E-state index in [4.69, 9.17) is 4.74 Å². The van der Waals surface area contributed by atoms with Crippen molar-refractivity contribution in [2.75, 3.05) is 33.3 Å². The van der Waals surface area contributed by atoms with Crippen LogP contribution in [-0.2, 0) is 0 Å². The highest BCUT2D eigenvalue weighted by Crippen LogP contribution is 2.36. The van der Waals surface area contributed by atoms with Gasteiger partial charge in [-0.05, 0) is 30.2 Å². The molecular formula is C15H20BrF3N2O. The number of benzene rings is 1. The molecule has 1 aliphatic heterocycles. The number of halogens is 4. The highest BCUT2D eigenvalue weighted by atomic mass is 79.9. The molecule has 3 nitrogen and oxygen atoms in total. The number of hydrogen-bond donors (Lipinski definition) is 1. The van der Waals surface area contributed by atoms with Crippen molar-refractivity contribution in [3.63, 3.8) is 0 Å². The van der Waals surface area contributed by atoms with Crippen LogP contribution in [0.5, 0.6) is 5.75 Å². The van der Waals surface area contributed by atoms with Gasteiger partial charge in [-0.1, -0.05) is 15.9 Å². The van der Waals surface area contributed by atoms with Gasteiger partial charge in [-0.15, -0.1) is 0 Å². The van der Waals surface area contributed by atoms with E-state index < -0.39 is 12.6 Å². The lowest BCUT2D eigenvalue weighted by molar-refractivity contribution is -0.138. The molecule has 1 aromatic rings. The molecule has 0 bridgehead atoms. The molecule has 0 amide bonds. The number of methoxy groups -OCH3 is 1. The van der Waals surface area contributed by atoms with Crippen LogP contribution in [0.2, 0.25) is 0 Å². The molecule has 0 radical (unpaired) electrons. The van der Waals surface area contributed by atoms with Gasteiger partial charge in [0.15, 0.2) is 0 Å². The van der Waals surface area contributed by atoms with Crippen LogP contribution < -0.4 is 10.1 Å². The van der Waals surface area contributed by atoms with Gasteiger partial charge in [-0.25, -0.2) is 0 Å². The first-order chi connectivity index (χ1) is 10.4. The summed E-state index contributed by atoms with van der Waals surface area (Å²) in [6.45, 7) is 3.08. The molecule has 7 heteroatoms. The van der Waals surface area contributed by atoms with E-state index in [2.05, 4.69) is 26.1 Å². The third kappa shape index (κ3) is 4.86. The molecule has 0 saturated carbocycles. The normalized spacial score (nSPS) is 18.2. The minimum Gasteiger partial charge on any atom is -0.497 e. The average molecular weight is 381 g/mol. The fourth-order valence-corrected chi connectivity index (χ4v) is 3.24. The lowest BCUT2D eigenvalue weighted by atomic mass is 9.99. The summed E-state index contributed by atoms with van der Waals surface area (Å²) < 4.78 is 44.1. The molecule has 0 aromatic heterocycles. The summed E-state index contributed by atoms with van der Waals surface area (Å²) in [5.41, 5.74) is 0.852. The summed E-state index contributed by atoms with van der Waals surface area (Å²) in [6, 6.07) is 5.18. The van der Waals surface area contributed by atoms with E-state index >= 15 is 0 Å². The smallest absolute Gasteiger partial charge is 0.389 e. The van der Waals surface area contributed by atoms with Crippen molar-refractivity contribution < 1.29 is 17.9 Å². The molecule has 1 atom stereocenters. The maximum absolute atomic E-state index is 12.7. The summed E-state index contributed by atoms with van der Waals surface area (Å²) in [6.07, 6.45) is -4.88. The Morgan fingerprint density at radius 1 is 1.32 bits per heavy atom. The quantitative estimate of drug-likeness (QED) is 0.841. The number of alkyl halides is 3. The van der Waals surface area contributed by atoms with Crippen LogP contribution in [0.4, 0.5) is 13.2 Å². The number of piperazine rings is 1. The van der Waals surface area contributed by atoms with Gasteiger partial charge >= 0.3 is 6.18 Å². The van der Waals surface area contributed by atoms with Crippen LogP contribution >= 0.6 is 15.9 Å². The Morgan fingerprint density at radius 3 is 2.59 bits per heavy atom. The SMILES string of the molecule is COc1ccc(Br)c([C@H](CCC(F)(F)F)N2CCNCC2)c1. The van der Waals surface area contributed by atoms with Crippen molar-refractivity contribution in [2.45, 2.75) is 25.1 Å². The van der Waals surface area contributed by atoms with Crippen molar-refractivity contribution in [3.8, 4) is 5.75 Å². The minimum atomic E-state index is -4.14. The molecular weight excluding hydrogens is 361 g/mol. The maximum atomic E-state index is 12.7. The predicted octanol–water partition coefficient (Wildman–Crippen LogP) is 3.75. The van der Waals surface area contributed by atoms with Crippen LogP contribution in [0.25, 0.3) is 0 Å². The molecule has 124 valence electrons. The van der Waals surface area contributed by atoms with Crippen LogP contribution in [0.3, 0.4) is 0 Å². The fourth-order valence-electron chi connectivity index (χ4n) is 2.73. The van der Waals surface area contributed by atoms with Gasteiger partial charge in [0, 0.05) is 43.1 Å². The number of nitrogens with zero attached hydrogens (tertiary/aromatic N) is 1. The Kier molecular flexibility index (Phi) is 6.11. The van der Waals surface area contributed by atoms with Crippen LogP contribution in [0, 0.1) is 0 Å². The molecule has 1 aliphatic rings. The van der Waals surface area contributed by atoms with Crippen LogP contribution in [-0.4, -0.2) is 44.4 Å². The standard InChI is InChI=1S/C15H20BrF3N2O/c1-22-11-2-3-13(16)12(10-11)14(4-5-15(17,18)19)21-8-6-20-7-9-21/h2-3,10,14,20H,4-9H2,1H3/t14-/m0/s1. The second-order valence-electron chi connectivity index (χ2n) is 5.34. The van der Waals surface area contributed by atoms with E-state index in [0.717, 1.165) is 36.2 Å². The molecule has 1 heterocycles. The lowest BCUT2D eigenvalue weighted by Crippen LogP contribution is -2.45. The Morgan fingerprint density at radius 2 is 2.00 bits per heavy atom. The molecule has 1 fully saturated rings. The lowest BCUT2D eigenvalue weighted by Gasteiger charge is -2.36. The van der Waals surface area contributed by atoms with E-state index in [0.29, 0.717) is 5.75 Å². The maximum Gasteiger partial charge on any atom is 0.389 e. The molecule has 2 rings (SSSR count). The van der Waals surface area contributed by atoms with Gasteiger partial charge < -0.3 is 10.1 Å². The first-order valence-corrected chi connectivity index (χ1v) is 8.05. The summed E-state index contributed by atoms with van der Waals surface area (Å²) in [5, 5.41) is 3.23. The fraction of sp³-hybridized carbons (Fsp3) is 0.600. The average Bonchev–Trinajstić information content (AvgIpc) is 2.49. The van der Waals surface area contributed by atoms with Crippen LogP contribution in [0.1, 0.15) is 24.4 Å². The van der Waals surface area contributed by atoms with Gasteiger partial charge in [0.1, 0.15) is 5.75 Å². The number of ether oxygens (including phenoxy) is 1. The van der Waals surface area contributed by atoms with E-state index in [1.165, 1.54) is 0 Å². The van der Waals surface area contributed by atoms with Crippen molar-refractivity contribution >= 4 is 15.9 Å². The van der Waals surface area contributed by atoms with E-state index in [9.17, 15) is 13.2 Å². The molecule has 0 aliphatic carbocycles. The van der Waals surface area contributed by atoms with Gasteiger partial charge in [-0.2, -0.15) is 13.2 Å². The second kappa shape index (κ2) is 7.66. The summed E-state index contributed by atoms with van der Waals surface area (Å²) in [5.74, 6) is 0.658. The second-order valence-corrected chi connectivity index (χ2v) is 6.20. The molecule has 0 spiro atoms.